The van der Waals surface area contributed by atoms with Gasteiger partial charge in [0.05, 0.1) is 6.04 Å². The Morgan fingerprint density at radius 2 is 1.81 bits per heavy atom. The summed E-state index contributed by atoms with van der Waals surface area (Å²) in [6.07, 6.45) is 2.59. The molecule has 0 rings (SSSR count). The van der Waals surface area contributed by atoms with E-state index in [1.54, 1.807) is 6.26 Å². The van der Waals surface area contributed by atoms with Crippen LogP contribution in [0.2, 0.25) is 0 Å². The van der Waals surface area contributed by atoms with Gasteiger partial charge in [-0.1, -0.05) is 6.92 Å². The molecule has 0 saturated heterocycles. The maximum absolute atomic E-state index is 11.7. The molecule has 0 aromatic heterocycles. The minimum atomic E-state index is -0.832. The lowest BCUT2D eigenvalue weighted by atomic mass is 10.2. The van der Waals surface area contributed by atoms with Gasteiger partial charge in [0.25, 0.3) is 0 Å². The molecule has 0 aliphatic rings. The van der Waals surface area contributed by atoms with Crippen LogP contribution in [0.5, 0.6) is 0 Å². The van der Waals surface area contributed by atoms with Crippen LogP contribution in [-0.2, 0) is 15.6 Å². The van der Waals surface area contributed by atoms with Gasteiger partial charge in [-0.15, -0.1) is 0 Å². The van der Waals surface area contributed by atoms with Crippen molar-refractivity contribution >= 4 is 16.7 Å². The highest BCUT2D eigenvalue weighted by molar-refractivity contribution is 7.84. The third-order valence-electron chi connectivity index (χ3n) is 2.41. The summed E-state index contributed by atoms with van der Waals surface area (Å²) in [5.41, 5.74) is 0. The number of amides is 1. The molecule has 1 amide bonds. The van der Waals surface area contributed by atoms with Crippen molar-refractivity contribution < 1.29 is 9.00 Å². The Balaban J connectivity index is 3.99. The largest absolute Gasteiger partial charge is 0.352 e. The van der Waals surface area contributed by atoms with Gasteiger partial charge >= 0.3 is 0 Å². The van der Waals surface area contributed by atoms with E-state index in [1.807, 2.05) is 27.7 Å². The molecule has 0 saturated carbocycles. The third kappa shape index (κ3) is 6.95. The molecule has 0 radical (unpaired) electrons. The van der Waals surface area contributed by atoms with E-state index in [2.05, 4.69) is 10.6 Å². The smallest absolute Gasteiger partial charge is 0.237 e. The first-order chi connectivity index (χ1) is 7.36. The van der Waals surface area contributed by atoms with E-state index in [4.69, 9.17) is 0 Å². The van der Waals surface area contributed by atoms with Crippen molar-refractivity contribution in [2.45, 2.75) is 52.2 Å². The molecular formula is C11H24N2O2S. The summed E-state index contributed by atoms with van der Waals surface area (Å²) in [7, 11) is -0.832. The molecule has 16 heavy (non-hydrogen) atoms. The van der Waals surface area contributed by atoms with Gasteiger partial charge in [-0.25, -0.2) is 0 Å². The van der Waals surface area contributed by atoms with Crippen molar-refractivity contribution in [1.82, 2.24) is 10.6 Å². The van der Waals surface area contributed by atoms with Crippen LogP contribution in [0.3, 0.4) is 0 Å². The molecule has 4 atom stereocenters. The van der Waals surface area contributed by atoms with E-state index >= 15 is 0 Å². The van der Waals surface area contributed by atoms with Crippen LogP contribution in [0.25, 0.3) is 0 Å². The Hall–Kier alpha value is -0.420. The Bertz CT molecular complexity index is 246. The van der Waals surface area contributed by atoms with E-state index in [0.29, 0.717) is 5.75 Å². The predicted molar refractivity (Wildman–Crippen MR) is 68.9 cm³/mol. The van der Waals surface area contributed by atoms with Gasteiger partial charge in [-0.3, -0.25) is 9.00 Å². The topological polar surface area (TPSA) is 58.2 Å². The fourth-order valence-corrected chi connectivity index (χ4v) is 2.17. The van der Waals surface area contributed by atoms with Gasteiger partial charge in [-0.2, -0.15) is 0 Å². The van der Waals surface area contributed by atoms with Crippen molar-refractivity contribution in [3.63, 3.8) is 0 Å². The summed E-state index contributed by atoms with van der Waals surface area (Å²) >= 11 is 0. The average molecular weight is 248 g/mol. The lowest BCUT2D eigenvalue weighted by molar-refractivity contribution is -0.123. The predicted octanol–water partition coefficient (Wildman–Crippen LogP) is 0.646. The van der Waals surface area contributed by atoms with Crippen LogP contribution in [0, 0.1) is 0 Å². The summed E-state index contributed by atoms with van der Waals surface area (Å²) in [6, 6.07) is 0.0448. The third-order valence-corrected chi connectivity index (χ3v) is 3.38. The second-order valence-electron chi connectivity index (χ2n) is 4.35. The van der Waals surface area contributed by atoms with E-state index in [0.717, 1.165) is 6.42 Å². The zero-order valence-corrected chi connectivity index (χ0v) is 11.7. The van der Waals surface area contributed by atoms with Gasteiger partial charge in [-0.05, 0) is 27.2 Å². The molecule has 5 heteroatoms. The van der Waals surface area contributed by atoms with Crippen LogP contribution in [-0.4, -0.2) is 40.3 Å². The second kappa shape index (κ2) is 7.79. The van der Waals surface area contributed by atoms with Gasteiger partial charge in [0.2, 0.25) is 5.91 Å². The lowest BCUT2D eigenvalue weighted by Crippen LogP contribution is -2.49. The van der Waals surface area contributed by atoms with Crippen LogP contribution in [0.4, 0.5) is 0 Å². The van der Waals surface area contributed by atoms with Gasteiger partial charge < -0.3 is 10.6 Å². The fourth-order valence-electron chi connectivity index (χ4n) is 1.37. The maximum atomic E-state index is 11.7. The molecule has 96 valence electrons. The molecule has 0 aliphatic heterocycles. The number of carbonyl (C=O) groups is 1. The van der Waals surface area contributed by atoms with Crippen molar-refractivity contribution in [2.24, 2.45) is 0 Å². The first kappa shape index (κ1) is 15.6. The molecule has 0 heterocycles. The molecule has 0 aromatic rings. The highest BCUT2D eigenvalue weighted by Crippen LogP contribution is 1.93. The highest BCUT2D eigenvalue weighted by Gasteiger charge is 2.16. The summed E-state index contributed by atoms with van der Waals surface area (Å²) in [5, 5.41) is 6.05. The molecule has 0 fully saturated rings. The molecule has 2 N–H and O–H groups in total. The van der Waals surface area contributed by atoms with Crippen LogP contribution < -0.4 is 10.6 Å². The SMILES string of the molecule is CCC(C)NC(=O)C(C)NC(C)CS(C)=O. The molecule has 0 spiro atoms. The number of hydrogen-bond acceptors (Lipinski definition) is 3. The summed E-state index contributed by atoms with van der Waals surface area (Å²) in [4.78, 5) is 11.7. The summed E-state index contributed by atoms with van der Waals surface area (Å²) < 4.78 is 11.0. The Labute approximate surface area is 101 Å². The quantitative estimate of drug-likeness (QED) is 0.695. The van der Waals surface area contributed by atoms with Gasteiger partial charge in [0.15, 0.2) is 0 Å². The summed E-state index contributed by atoms with van der Waals surface area (Å²) in [6.45, 7) is 7.78. The van der Waals surface area contributed by atoms with E-state index in [-0.39, 0.29) is 24.0 Å². The monoisotopic (exact) mass is 248 g/mol. The Morgan fingerprint density at radius 1 is 1.25 bits per heavy atom. The average Bonchev–Trinajstić information content (AvgIpc) is 2.15. The highest BCUT2D eigenvalue weighted by atomic mass is 32.2. The first-order valence-electron chi connectivity index (χ1n) is 5.73. The van der Waals surface area contributed by atoms with Crippen LogP contribution >= 0.6 is 0 Å². The molecule has 4 unspecified atom stereocenters. The van der Waals surface area contributed by atoms with Crippen LogP contribution in [0.1, 0.15) is 34.1 Å². The van der Waals surface area contributed by atoms with E-state index in [9.17, 15) is 9.00 Å². The minimum Gasteiger partial charge on any atom is -0.352 e. The number of hydrogen-bond donors (Lipinski definition) is 2. The normalized spacial score (nSPS) is 18.6. The summed E-state index contributed by atoms with van der Waals surface area (Å²) in [5.74, 6) is 0.573. The molecule has 4 nitrogen and oxygen atoms in total. The van der Waals surface area contributed by atoms with Gasteiger partial charge in [0, 0.05) is 34.9 Å². The Kier molecular flexibility index (Phi) is 7.58. The maximum Gasteiger partial charge on any atom is 0.237 e. The molecule has 0 bridgehead atoms. The zero-order valence-electron chi connectivity index (χ0n) is 10.9. The number of carbonyl (C=O) groups excluding carboxylic acids is 1. The van der Waals surface area contributed by atoms with Crippen LogP contribution in [0.15, 0.2) is 0 Å². The number of nitrogens with one attached hydrogen (secondary N) is 2. The molecular weight excluding hydrogens is 224 g/mol. The van der Waals surface area contributed by atoms with Crippen molar-refractivity contribution in [1.29, 1.82) is 0 Å². The standard InChI is InChI=1S/C11H24N2O2S/c1-6-8(2)13-11(14)10(4)12-9(3)7-16(5)15/h8-10,12H,6-7H2,1-5H3,(H,13,14). The molecule has 0 aromatic carbocycles. The molecule has 0 aliphatic carbocycles. The fraction of sp³-hybridized carbons (Fsp3) is 0.909. The lowest BCUT2D eigenvalue weighted by Gasteiger charge is -2.20. The van der Waals surface area contributed by atoms with Crippen molar-refractivity contribution in [2.75, 3.05) is 12.0 Å². The van der Waals surface area contributed by atoms with E-state index in [1.165, 1.54) is 0 Å². The Morgan fingerprint density at radius 3 is 2.25 bits per heavy atom. The zero-order chi connectivity index (χ0) is 12.7. The second-order valence-corrected chi connectivity index (χ2v) is 5.83. The van der Waals surface area contributed by atoms with E-state index < -0.39 is 10.8 Å². The first-order valence-corrected chi connectivity index (χ1v) is 7.46. The van der Waals surface area contributed by atoms with Crippen molar-refractivity contribution in [3.05, 3.63) is 0 Å². The van der Waals surface area contributed by atoms with Gasteiger partial charge in [0.1, 0.15) is 0 Å². The van der Waals surface area contributed by atoms with Crippen molar-refractivity contribution in [3.8, 4) is 0 Å². The minimum absolute atomic E-state index is 0.00286. The number of rotatable bonds is 7.